The van der Waals surface area contributed by atoms with E-state index in [4.69, 9.17) is 0 Å². The number of imidazole rings is 1. The van der Waals surface area contributed by atoms with Gasteiger partial charge in [-0.1, -0.05) is 26.2 Å². The second kappa shape index (κ2) is 9.11. The smallest absolute Gasteiger partial charge is 0.262 e. The molecule has 1 saturated heterocycles. The molecular weight excluding hydrogens is 381 g/mol. The van der Waals surface area contributed by atoms with E-state index < -0.39 is 15.8 Å². The van der Waals surface area contributed by atoms with E-state index in [1.807, 2.05) is 0 Å². The molecule has 0 bridgehead atoms. The highest BCUT2D eigenvalue weighted by molar-refractivity contribution is 7.89. The summed E-state index contributed by atoms with van der Waals surface area (Å²) in [6, 6.07) is 2.73. The zero-order valence-corrected chi connectivity index (χ0v) is 17.2. The number of halogens is 1. The summed E-state index contributed by atoms with van der Waals surface area (Å²) in [7, 11) is -2.01. The van der Waals surface area contributed by atoms with E-state index in [-0.39, 0.29) is 30.1 Å². The van der Waals surface area contributed by atoms with Gasteiger partial charge in [-0.25, -0.2) is 17.8 Å². The van der Waals surface area contributed by atoms with Crippen molar-refractivity contribution in [2.75, 3.05) is 19.6 Å². The van der Waals surface area contributed by atoms with E-state index in [0.29, 0.717) is 5.69 Å². The van der Waals surface area contributed by atoms with Gasteiger partial charge in [-0.2, -0.15) is 4.31 Å². The van der Waals surface area contributed by atoms with Crippen molar-refractivity contribution in [2.24, 2.45) is 7.05 Å². The maximum absolute atomic E-state index is 14.4. The largest absolute Gasteiger partial charge is 0.339 e. The SMILES string of the molecule is CCCCCCN[C@H]1CN(S(=O)(=O)c2cn(C)cn2)C[C@@H]1c1ncccc1F. The molecule has 2 atom stereocenters. The Kier molecular flexibility index (Phi) is 6.79. The lowest BCUT2D eigenvalue weighted by Gasteiger charge is -2.19. The average Bonchev–Trinajstić information content (AvgIpc) is 3.29. The molecule has 0 aromatic carbocycles. The van der Waals surface area contributed by atoms with Gasteiger partial charge in [0, 0.05) is 44.5 Å². The van der Waals surface area contributed by atoms with Gasteiger partial charge in [0.15, 0.2) is 5.03 Å². The molecule has 0 unspecified atom stereocenters. The number of nitrogens with zero attached hydrogens (tertiary/aromatic N) is 4. The lowest BCUT2D eigenvalue weighted by molar-refractivity contribution is 0.448. The number of hydrogen-bond donors (Lipinski definition) is 1. The Morgan fingerprint density at radius 1 is 1.25 bits per heavy atom. The topological polar surface area (TPSA) is 80.1 Å². The van der Waals surface area contributed by atoms with Crippen molar-refractivity contribution in [1.82, 2.24) is 24.2 Å². The standard InChI is InChI=1S/C19H28FN5O2S/c1-3-4-5-6-9-21-17-12-25(28(26,27)18-13-24(2)14-23-18)11-15(17)19-16(20)8-7-10-22-19/h7-8,10,13-15,17,21H,3-6,9,11-12H2,1-2H3/t15-,17-/m0/s1. The van der Waals surface area contributed by atoms with E-state index in [2.05, 4.69) is 22.2 Å². The van der Waals surface area contributed by atoms with E-state index in [0.717, 1.165) is 25.8 Å². The number of hydrogen-bond acceptors (Lipinski definition) is 5. The number of aromatic nitrogens is 3. The Hall–Kier alpha value is -1.84. The van der Waals surface area contributed by atoms with Crippen LogP contribution in [0, 0.1) is 5.82 Å². The predicted molar refractivity (Wildman–Crippen MR) is 105 cm³/mol. The zero-order chi connectivity index (χ0) is 20.1. The van der Waals surface area contributed by atoms with Crippen LogP contribution in [-0.4, -0.2) is 52.9 Å². The van der Waals surface area contributed by atoms with Crippen LogP contribution in [0.2, 0.25) is 0 Å². The Morgan fingerprint density at radius 3 is 2.75 bits per heavy atom. The molecule has 1 N–H and O–H groups in total. The zero-order valence-electron chi connectivity index (χ0n) is 16.4. The van der Waals surface area contributed by atoms with Gasteiger partial charge in [0.05, 0.1) is 12.0 Å². The lowest BCUT2D eigenvalue weighted by Crippen LogP contribution is -2.37. The quantitative estimate of drug-likeness (QED) is 0.643. The second-order valence-corrected chi connectivity index (χ2v) is 9.18. The van der Waals surface area contributed by atoms with Crippen LogP contribution in [0.5, 0.6) is 0 Å². The van der Waals surface area contributed by atoms with Crippen LogP contribution in [0.3, 0.4) is 0 Å². The van der Waals surface area contributed by atoms with Crippen LogP contribution in [0.4, 0.5) is 4.39 Å². The van der Waals surface area contributed by atoms with Crippen molar-refractivity contribution < 1.29 is 12.8 Å². The average molecular weight is 410 g/mol. The fourth-order valence-corrected chi connectivity index (χ4v) is 5.07. The Balaban J connectivity index is 1.79. The molecule has 1 aliphatic heterocycles. The number of unbranched alkanes of at least 4 members (excludes halogenated alkanes) is 3. The highest BCUT2D eigenvalue weighted by atomic mass is 32.2. The molecule has 9 heteroatoms. The fourth-order valence-electron chi connectivity index (χ4n) is 3.61. The Labute approximate surface area is 166 Å². The minimum atomic E-state index is -3.73. The van der Waals surface area contributed by atoms with Gasteiger partial charge in [0.2, 0.25) is 0 Å². The van der Waals surface area contributed by atoms with E-state index in [9.17, 15) is 12.8 Å². The molecule has 3 heterocycles. The van der Waals surface area contributed by atoms with E-state index in [1.54, 1.807) is 23.9 Å². The number of sulfonamides is 1. The van der Waals surface area contributed by atoms with Crippen LogP contribution < -0.4 is 5.32 Å². The maximum Gasteiger partial charge on any atom is 0.262 e. The van der Waals surface area contributed by atoms with Gasteiger partial charge in [-0.3, -0.25) is 4.98 Å². The summed E-state index contributed by atoms with van der Waals surface area (Å²) in [4.78, 5) is 8.20. The maximum atomic E-state index is 14.4. The van der Waals surface area contributed by atoms with Gasteiger partial charge in [0.25, 0.3) is 10.0 Å². The summed E-state index contributed by atoms with van der Waals surface area (Å²) < 4.78 is 43.3. The number of pyridine rings is 1. The molecule has 3 rings (SSSR count). The molecule has 0 radical (unpaired) electrons. The molecule has 1 aliphatic rings. The summed E-state index contributed by atoms with van der Waals surface area (Å²) in [6.07, 6.45) is 8.95. The fraction of sp³-hybridized carbons (Fsp3) is 0.579. The molecular formula is C19H28FN5O2S. The van der Waals surface area contributed by atoms with Gasteiger partial charge in [-0.15, -0.1) is 0 Å². The molecule has 154 valence electrons. The number of nitrogens with one attached hydrogen (secondary N) is 1. The molecule has 0 amide bonds. The monoisotopic (exact) mass is 409 g/mol. The van der Waals surface area contributed by atoms with Crippen LogP contribution in [0.15, 0.2) is 35.9 Å². The first-order chi connectivity index (χ1) is 13.4. The summed E-state index contributed by atoms with van der Waals surface area (Å²) in [6.45, 7) is 3.38. The van der Waals surface area contributed by atoms with Crippen LogP contribution >= 0.6 is 0 Å². The van der Waals surface area contributed by atoms with Gasteiger partial charge in [-0.05, 0) is 25.1 Å². The first-order valence-corrected chi connectivity index (χ1v) is 11.2. The van der Waals surface area contributed by atoms with Crippen molar-refractivity contribution in [3.05, 3.63) is 42.4 Å². The lowest BCUT2D eigenvalue weighted by atomic mass is 9.98. The van der Waals surface area contributed by atoms with Crippen LogP contribution in [-0.2, 0) is 17.1 Å². The normalized spacial score (nSPS) is 20.7. The summed E-state index contributed by atoms with van der Waals surface area (Å²) in [5, 5.41) is 3.45. The molecule has 28 heavy (non-hydrogen) atoms. The highest BCUT2D eigenvalue weighted by Gasteiger charge is 2.42. The highest BCUT2D eigenvalue weighted by Crippen LogP contribution is 2.31. The van der Waals surface area contributed by atoms with Crippen molar-refractivity contribution in [3.8, 4) is 0 Å². The van der Waals surface area contributed by atoms with Crippen molar-refractivity contribution in [2.45, 2.75) is 49.6 Å². The predicted octanol–water partition coefficient (Wildman–Crippen LogP) is 2.28. The molecule has 2 aromatic rings. The molecule has 0 saturated carbocycles. The van der Waals surface area contributed by atoms with E-state index in [1.165, 1.54) is 29.3 Å². The first kappa shape index (κ1) is 20.9. The van der Waals surface area contributed by atoms with Crippen LogP contribution in [0.25, 0.3) is 0 Å². The second-order valence-electron chi connectivity index (χ2n) is 7.30. The van der Waals surface area contributed by atoms with Crippen molar-refractivity contribution in [3.63, 3.8) is 0 Å². The first-order valence-electron chi connectivity index (χ1n) is 9.75. The third-order valence-corrected chi connectivity index (χ3v) is 6.86. The Morgan fingerprint density at radius 2 is 2.07 bits per heavy atom. The molecule has 7 nitrogen and oxygen atoms in total. The summed E-state index contributed by atoms with van der Waals surface area (Å²) in [5.74, 6) is -0.742. The minimum absolute atomic E-state index is 0.0128. The summed E-state index contributed by atoms with van der Waals surface area (Å²) in [5.41, 5.74) is 0.312. The molecule has 1 fully saturated rings. The van der Waals surface area contributed by atoms with Gasteiger partial charge < -0.3 is 9.88 Å². The van der Waals surface area contributed by atoms with Gasteiger partial charge in [0.1, 0.15) is 5.82 Å². The number of aryl methyl sites for hydroxylation is 1. The van der Waals surface area contributed by atoms with Crippen LogP contribution in [0.1, 0.15) is 44.2 Å². The molecule has 2 aromatic heterocycles. The molecule has 0 spiro atoms. The minimum Gasteiger partial charge on any atom is -0.339 e. The van der Waals surface area contributed by atoms with Gasteiger partial charge >= 0.3 is 0 Å². The van der Waals surface area contributed by atoms with Crippen molar-refractivity contribution in [1.29, 1.82) is 0 Å². The summed E-state index contributed by atoms with van der Waals surface area (Å²) >= 11 is 0. The van der Waals surface area contributed by atoms with E-state index >= 15 is 0 Å². The Bertz CT molecular complexity index is 886. The number of rotatable bonds is 9. The van der Waals surface area contributed by atoms with Crippen molar-refractivity contribution >= 4 is 10.0 Å². The molecule has 0 aliphatic carbocycles. The third kappa shape index (κ3) is 4.59. The third-order valence-electron chi connectivity index (χ3n) is 5.15.